The van der Waals surface area contributed by atoms with E-state index in [1.807, 2.05) is 0 Å². The van der Waals surface area contributed by atoms with E-state index in [2.05, 4.69) is 5.73 Å². The maximum atomic E-state index is 8.78. The number of amides is 1. The lowest BCUT2D eigenvalue weighted by molar-refractivity contribution is 0.205. The van der Waals surface area contributed by atoms with Crippen LogP contribution in [-0.4, -0.2) is 17.4 Å². The van der Waals surface area contributed by atoms with Gasteiger partial charge < -0.3 is 22.3 Å². The van der Waals surface area contributed by atoms with Gasteiger partial charge in [0.05, 0.1) is 0 Å². The smallest absolute Gasteiger partial charge is 0.402 e. The molecule has 0 unspecified atom stereocenters. The van der Waals surface area contributed by atoms with Crippen molar-refractivity contribution in [3.05, 3.63) is 0 Å². The van der Waals surface area contributed by atoms with E-state index in [9.17, 15) is 0 Å². The highest BCUT2D eigenvalue weighted by Crippen LogP contribution is 1.41. The first-order chi connectivity index (χ1) is 3.46. The predicted octanol–water partition coefficient (Wildman–Crippen LogP) is -1.13. The highest BCUT2D eigenvalue weighted by atomic mass is 16.4. The maximum absolute atomic E-state index is 8.78. The Kier molecular flexibility index (Phi) is 7.91. The van der Waals surface area contributed by atoms with E-state index < -0.39 is 6.09 Å². The van der Waals surface area contributed by atoms with Gasteiger partial charge in [-0.3, -0.25) is 0 Å². The second kappa shape index (κ2) is 6.19. The summed E-state index contributed by atoms with van der Waals surface area (Å²) in [7, 11) is 0. The molecule has 0 spiro atoms. The average molecular weight is 121 g/mol. The van der Waals surface area contributed by atoms with Crippen LogP contribution in [0.1, 0.15) is 6.92 Å². The van der Waals surface area contributed by atoms with Gasteiger partial charge in [0.2, 0.25) is 0 Å². The molecule has 0 heterocycles. The van der Waals surface area contributed by atoms with Crippen molar-refractivity contribution in [3.8, 4) is 0 Å². The summed E-state index contributed by atoms with van der Waals surface area (Å²) in [5, 5.41) is 7.19. The fraction of sp³-hybridized carbons (Fsp3) is 0.667. The van der Waals surface area contributed by atoms with Crippen molar-refractivity contribution in [1.82, 2.24) is 0 Å². The van der Waals surface area contributed by atoms with E-state index >= 15 is 0 Å². The summed E-state index contributed by atoms with van der Waals surface area (Å²) in [5.41, 5.74) is 13.8. The highest BCUT2D eigenvalue weighted by Gasteiger charge is 1.66. The van der Waals surface area contributed by atoms with Gasteiger partial charge in [-0.2, -0.15) is 0 Å². The lowest BCUT2D eigenvalue weighted by Gasteiger charge is -1.83. The van der Waals surface area contributed by atoms with Crippen LogP contribution in [0.15, 0.2) is 0 Å². The molecular weight excluding hydrogens is 110 g/mol. The normalized spacial score (nSPS) is 7.50. The monoisotopic (exact) mass is 121 g/mol. The van der Waals surface area contributed by atoms with Gasteiger partial charge in [-0.15, -0.1) is 0 Å². The first kappa shape index (κ1) is 10.2. The van der Waals surface area contributed by atoms with Crippen LogP contribution in [0.3, 0.4) is 0 Å². The highest BCUT2D eigenvalue weighted by molar-refractivity contribution is 5.61. The number of hydrogen-bond donors (Lipinski definition) is 4. The molecule has 0 saturated carbocycles. The van der Waals surface area contributed by atoms with Gasteiger partial charge in [-0.1, -0.05) is 0 Å². The summed E-state index contributed by atoms with van der Waals surface area (Å²) in [6.45, 7) is 1.72. The third-order valence-electron chi connectivity index (χ3n) is 0. The molecule has 1 amide bonds. The van der Waals surface area contributed by atoms with Crippen LogP contribution in [-0.2, 0) is 0 Å². The molecule has 0 aliphatic heterocycles. The van der Waals surface area contributed by atoms with E-state index in [1.54, 1.807) is 6.92 Å². The molecule has 50 valence electrons. The molecule has 5 nitrogen and oxygen atoms in total. The van der Waals surface area contributed by atoms with Crippen LogP contribution in [0, 0.1) is 0 Å². The molecule has 0 aromatic heterocycles. The van der Waals surface area contributed by atoms with Gasteiger partial charge in [0.15, 0.2) is 0 Å². The Labute approximate surface area is 47.5 Å². The molecule has 0 rings (SSSR count). The Morgan fingerprint density at radius 1 is 1.62 bits per heavy atom. The Balaban J connectivity index is 0. The van der Waals surface area contributed by atoms with Crippen molar-refractivity contribution in [1.29, 1.82) is 0 Å². The van der Waals surface area contributed by atoms with Crippen molar-refractivity contribution in [2.45, 2.75) is 13.1 Å². The van der Waals surface area contributed by atoms with Crippen LogP contribution in [0.25, 0.3) is 0 Å². The SMILES string of the molecule is CC(N)N.NC(=O)O. The molecule has 0 aliphatic carbocycles. The Hall–Kier alpha value is -0.810. The number of hydrogen-bond acceptors (Lipinski definition) is 3. The third-order valence-corrected chi connectivity index (χ3v) is 0. The fourth-order valence-electron chi connectivity index (χ4n) is 0. The van der Waals surface area contributed by atoms with Gasteiger partial charge in [-0.05, 0) is 6.92 Å². The minimum atomic E-state index is -1.33. The zero-order valence-corrected chi connectivity index (χ0v) is 4.66. The summed E-state index contributed by atoms with van der Waals surface area (Å²) in [4.78, 5) is 8.78. The maximum Gasteiger partial charge on any atom is 0.402 e. The molecule has 0 aromatic carbocycles. The molecule has 5 heteroatoms. The van der Waals surface area contributed by atoms with E-state index in [4.69, 9.17) is 21.4 Å². The summed E-state index contributed by atoms with van der Waals surface area (Å²) in [6.07, 6.45) is -1.50. The predicted molar refractivity (Wildman–Crippen MR) is 30.0 cm³/mol. The minimum Gasteiger partial charge on any atom is -0.465 e. The largest absolute Gasteiger partial charge is 0.465 e. The van der Waals surface area contributed by atoms with Crippen molar-refractivity contribution in [2.24, 2.45) is 17.2 Å². The Morgan fingerprint density at radius 2 is 1.62 bits per heavy atom. The van der Waals surface area contributed by atoms with Crippen LogP contribution in [0.2, 0.25) is 0 Å². The molecule has 0 atom stereocenters. The Bertz CT molecular complexity index is 56.8. The van der Waals surface area contributed by atoms with Crippen LogP contribution >= 0.6 is 0 Å². The molecule has 0 bridgehead atoms. The van der Waals surface area contributed by atoms with Crippen molar-refractivity contribution < 1.29 is 9.90 Å². The van der Waals surface area contributed by atoms with Crippen LogP contribution < -0.4 is 17.2 Å². The van der Waals surface area contributed by atoms with E-state index in [-0.39, 0.29) is 6.17 Å². The Morgan fingerprint density at radius 3 is 1.62 bits per heavy atom. The second-order valence-corrected chi connectivity index (χ2v) is 1.20. The zero-order chi connectivity index (χ0) is 7.15. The zero-order valence-electron chi connectivity index (χ0n) is 4.66. The fourth-order valence-corrected chi connectivity index (χ4v) is 0. The molecular formula is C3H11N3O2. The van der Waals surface area contributed by atoms with E-state index in [1.165, 1.54) is 0 Å². The summed E-state index contributed by atoms with van der Waals surface area (Å²) >= 11 is 0. The molecule has 0 saturated heterocycles. The minimum absolute atomic E-state index is 0.167. The second-order valence-electron chi connectivity index (χ2n) is 1.20. The van der Waals surface area contributed by atoms with Gasteiger partial charge in [0.1, 0.15) is 0 Å². The van der Waals surface area contributed by atoms with Gasteiger partial charge >= 0.3 is 6.09 Å². The number of rotatable bonds is 0. The number of carbonyl (C=O) groups is 1. The van der Waals surface area contributed by atoms with Gasteiger partial charge in [0, 0.05) is 6.17 Å². The molecule has 8 heavy (non-hydrogen) atoms. The van der Waals surface area contributed by atoms with Gasteiger partial charge in [0.25, 0.3) is 0 Å². The lowest BCUT2D eigenvalue weighted by atomic mass is 10.7. The van der Waals surface area contributed by atoms with Crippen molar-refractivity contribution in [3.63, 3.8) is 0 Å². The van der Waals surface area contributed by atoms with Gasteiger partial charge in [-0.25, -0.2) is 4.79 Å². The molecule has 0 aromatic rings. The third kappa shape index (κ3) is 139. The average Bonchev–Trinajstić information content (AvgIpc) is 1.25. The topological polar surface area (TPSA) is 115 Å². The van der Waals surface area contributed by atoms with Crippen molar-refractivity contribution >= 4 is 6.09 Å². The molecule has 0 aliphatic rings. The van der Waals surface area contributed by atoms with Crippen molar-refractivity contribution in [2.75, 3.05) is 0 Å². The first-order valence-electron chi connectivity index (χ1n) is 1.96. The summed E-state index contributed by atoms with van der Waals surface area (Å²) in [6, 6.07) is 0. The molecule has 7 N–H and O–H groups in total. The quantitative estimate of drug-likeness (QED) is 0.303. The van der Waals surface area contributed by atoms with Crippen LogP contribution in [0.4, 0.5) is 4.79 Å². The molecule has 0 radical (unpaired) electrons. The van der Waals surface area contributed by atoms with E-state index in [0.717, 1.165) is 0 Å². The van der Waals surface area contributed by atoms with Crippen LogP contribution in [0.5, 0.6) is 0 Å². The first-order valence-corrected chi connectivity index (χ1v) is 1.96. The standard InChI is InChI=1S/C2H8N2.CH3NO2/c1-2(3)4;2-1(3)4/h2H,3-4H2,1H3;2H2,(H,3,4). The van der Waals surface area contributed by atoms with E-state index in [0.29, 0.717) is 0 Å². The summed E-state index contributed by atoms with van der Waals surface area (Å²) in [5.74, 6) is 0. The number of nitrogens with two attached hydrogens (primary N) is 3. The summed E-state index contributed by atoms with van der Waals surface area (Å²) < 4.78 is 0. The number of primary amides is 1. The number of carboxylic acid groups (broad SMARTS) is 1. The lowest BCUT2D eigenvalue weighted by Crippen LogP contribution is -2.25. The molecule has 0 fully saturated rings.